The number of fused-ring (bicyclic) bond motifs is 1. The molecule has 1 aromatic carbocycles. The van der Waals surface area contributed by atoms with E-state index in [1.54, 1.807) is 4.68 Å². The molecule has 4 rings (SSSR count). The molecule has 0 radical (unpaired) electrons. The zero-order valence-electron chi connectivity index (χ0n) is 11.7. The molecule has 1 fully saturated rings. The summed E-state index contributed by atoms with van der Waals surface area (Å²) in [6, 6.07) is 9.53. The minimum atomic E-state index is -1.15. The maximum Gasteiger partial charge on any atom is 0.217 e. The first-order valence-electron chi connectivity index (χ1n) is 7.35. The van der Waals surface area contributed by atoms with E-state index < -0.39 is 6.17 Å². The summed E-state index contributed by atoms with van der Waals surface area (Å²) in [4.78, 5) is 16.4. The van der Waals surface area contributed by atoms with Crippen LogP contribution in [0, 0.1) is 11.8 Å². The van der Waals surface area contributed by atoms with E-state index in [-0.39, 0.29) is 23.6 Å². The number of nitrogens with zero attached hydrogens (tertiary/aromatic N) is 3. The highest BCUT2D eigenvalue weighted by Crippen LogP contribution is 2.42. The van der Waals surface area contributed by atoms with Gasteiger partial charge >= 0.3 is 0 Å². The third kappa shape index (κ3) is 1.99. The van der Waals surface area contributed by atoms with Crippen LogP contribution in [0.25, 0.3) is 0 Å². The molecule has 21 heavy (non-hydrogen) atoms. The second-order valence-corrected chi connectivity index (χ2v) is 6.05. The molecule has 1 aromatic heterocycles. The molecule has 1 aliphatic heterocycles. The van der Waals surface area contributed by atoms with Gasteiger partial charge in [0.2, 0.25) is 11.6 Å². The lowest BCUT2D eigenvalue weighted by molar-refractivity contribution is 0.0951. The second kappa shape index (κ2) is 4.48. The molecule has 0 amide bonds. The van der Waals surface area contributed by atoms with Crippen LogP contribution < -0.4 is 0 Å². The van der Waals surface area contributed by atoms with Gasteiger partial charge in [0.15, 0.2) is 12.0 Å². The number of Topliss-reactive ketones (excluding diaryl/α,β-unsaturated/α-hetero) is 1. The molecule has 2 aromatic rings. The van der Waals surface area contributed by atoms with Gasteiger partial charge in [-0.1, -0.05) is 37.3 Å². The van der Waals surface area contributed by atoms with Crippen molar-refractivity contribution in [1.29, 1.82) is 0 Å². The van der Waals surface area contributed by atoms with Gasteiger partial charge in [0.05, 0.1) is 6.04 Å². The number of hydrogen-bond acceptors (Lipinski definition) is 3. The SMILES string of the molecule is CC1CC1C(=O)c1nc2n(n1)[C@H](c1ccccc1)C[C@@H]2F. The number of carbonyl (C=O) groups excluding carboxylic acids is 1. The second-order valence-electron chi connectivity index (χ2n) is 6.05. The van der Waals surface area contributed by atoms with E-state index in [0.717, 1.165) is 12.0 Å². The Labute approximate surface area is 122 Å². The summed E-state index contributed by atoms with van der Waals surface area (Å²) in [5.74, 6) is 0.870. The highest BCUT2D eigenvalue weighted by Gasteiger charge is 2.43. The normalized spacial score (nSPS) is 30.2. The number of hydrogen-bond donors (Lipinski definition) is 0. The van der Waals surface area contributed by atoms with Crippen molar-refractivity contribution >= 4 is 5.78 Å². The van der Waals surface area contributed by atoms with Crippen molar-refractivity contribution in [2.45, 2.75) is 32.0 Å². The minimum Gasteiger partial charge on any atom is -0.290 e. The number of carbonyl (C=O) groups is 1. The maximum atomic E-state index is 14.2. The van der Waals surface area contributed by atoms with Crippen LogP contribution in [0.1, 0.15) is 54.0 Å². The topological polar surface area (TPSA) is 47.8 Å². The summed E-state index contributed by atoms with van der Waals surface area (Å²) >= 11 is 0. The fraction of sp³-hybridized carbons (Fsp3) is 0.438. The van der Waals surface area contributed by atoms with Gasteiger partial charge in [0.1, 0.15) is 0 Å². The Morgan fingerprint density at radius 3 is 2.67 bits per heavy atom. The van der Waals surface area contributed by atoms with Gasteiger partial charge in [-0.05, 0) is 17.9 Å². The van der Waals surface area contributed by atoms with Crippen LogP contribution in [-0.2, 0) is 0 Å². The van der Waals surface area contributed by atoms with Crippen LogP contribution in [0.5, 0.6) is 0 Å². The average Bonchev–Trinajstić information content (AvgIpc) is 2.95. The van der Waals surface area contributed by atoms with E-state index in [1.165, 1.54) is 0 Å². The van der Waals surface area contributed by atoms with Crippen molar-refractivity contribution in [3.8, 4) is 0 Å². The monoisotopic (exact) mass is 285 g/mol. The van der Waals surface area contributed by atoms with Crippen LogP contribution in [0.4, 0.5) is 4.39 Å². The number of benzene rings is 1. The fourth-order valence-electron chi connectivity index (χ4n) is 3.09. The standard InChI is InChI=1S/C16H16FN3O/c1-9-7-11(9)14(21)15-18-16-12(17)8-13(20(16)19-15)10-5-3-2-4-6-10/h2-6,9,11-13H,7-8H2,1H3/t9?,11?,12-,13-/m0/s1. The number of rotatable bonds is 3. The summed E-state index contributed by atoms with van der Waals surface area (Å²) in [6.07, 6.45) is 0.0817. The number of ketones is 1. The summed E-state index contributed by atoms with van der Waals surface area (Å²) in [6.45, 7) is 2.04. The van der Waals surface area contributed by atoms with Gasteiger partial charge in [-0.3, -0.25) is 4.79 Å². The van der Waals surface area contributed by atoms with Crippen molar-refractivity contribution in [2.75, 3.05) is 0 Å². The molecule has 4 nitrogen and oxygen atoms in total. The quantitative estimate of drug-likeness (QED) is 0.814. The van der Waals surface area contributed by atoms with Gasteiger partial charge < -0.3 is 0 Å². The molecule has 2 heterocycles. The third-order valence-electron chi connectivity index (χ3n) is 4.51. The van der Waals surface area contributed by atoms with E-state index >= 15 is 0 Å². The summed E-state index contributed by atoms with van der Waals surface area (Å²) in [5, 5.41) is 4.31. The van der Waals surface area contributed by atoms with Crippen molar-refractivity contribution in [3.63, 3.8) is 0 Å². The Balaban J connectivity index is 1.69. The van der Waals surface area contributed by atoms with E-state index in [0.29, 0.717) is 18.2 Å². The van der Waals surface area contributed by atoms with Crippen molar-refractivity contribution in [1.82, 2.24) is 14.8 Å². The number of aromatic nitrogens is 3. The Bertz CT molecular complexity index is 697. The molecule has 2 aliphatic rings. The van der Waals surface area contributed by atoms with Gasteiger partial charge in [0, 0.05) is 12.3 Å². The Morgan fingerprint density at radius 2 is 2.00 bits per heavy atom. The molecule has 1 aliphatic carbocycles. The number of alkyl halides is 1. The van der Waals surface area contributed by atoms with Gasteiger partial charge in [-0.2, -0.15) is 0 Å². The molecule has 2 unspecified atom stereocenters. The van der Waals surface area contributed by atoms with Crippen molar-refractivity contribution < 1.29 is 9.18 Å². The third-order valence-corrected chi connectivity index (χ3v) is 4.51. The molecule has 5 heteroatoms. The highest BCUT2D eigenvalue weighted by molar-refractivity contribution is 5.96. The van der Waals surface area contributed by atoms with Gasteiger partial charge in [0.25, 0.3) is 0 Å². The first kappa shape index (κ1) is 12.7. The molecule has 4 atom stereocenters. The lowest BCUT2D eigenvalue weighted by atomic mass is 10.0. The maximum absolute atomic E-state index is 14.2. The van der Waals surface area contributed by atoms with Crippen LogP contribution >= 0.6 is 0 Å². The molecule has 0 N–H and O–H groups in total. The minimum absolute atomic E-state index is 0.0290. The zero-order valence-corrected chi connectivity index (χ0v) is 11.7. The molecule has 108 valence electrons. The Hall–Kier alpha value is -2.04. The van der Waals surface area contributed by atoms with Crippen LogP contribution in [0.15, 0.2) is 30.3 Å². The first-order chi connectivity index (χ1) is 10.1. The highest BCUT2D eigenvalue weighted by atomic mass is 19.1. The predicted molar refractivity (Wildman–Crippen MR) is 74.7 cm³/mol. The largest absolute Gasteiger partial charge is 0.290 e. The molecule has 0 saturated heterocycles. The van der Waals surface area contributed by atoms with Crippen molar-refractivity contribution in [2.24, 2.45) is 11.8 Å². The summed E-state index contributed by atoms with van der Waals surface area (Å²) < 4.78 is 15.8. The summed E-state index contributed by atoms with van der Waals surface area (Å²) in [7, 11) is 0. The Kier molecular flexibility index (Phi) is 2.71. The molecular weight excluding hydrogens is 269 g/mol. The van der Waals surface area contributed by atoms with Gasteiger partial charge in [-0.25, -0.2) is 14.1 Å². The lowest BCUT2D eigenvalue weighted by Gasteiger charge is -2.11. The fourth-order valence-corrected chi connectivity index (χ4v) is 3.09. The predicted octanol–water partition coefficient (Wildman–Crippen LogP) is 3.12. The summed E-state index contributed by atoms with van der Waals surface area (Å²) in [5.41, 5.74) is 1.00. The molecule has 0 spiro atoms. The zero-order chi connectivity index (χ0) is 14.6. The first-order valence-corrected chi connectivity index (χ1v) is 7.35. The van der Waals surface area contributed by atoms with E-state index in [9.17, 15) is 9.18 Å². The van der Waals surface area contributed by atoms with E-state index in [1.807, 2.05) is 37.3 Å². The number of halogens is 1. The van der Waals surface area contributed by atoms with E-state index in [2.05, 4.69) is 10.1 Å². The Morgan fingerprint density at radius 1 is 1.29 bits per heavy atom. The lowest BCUT2D eigenvalue weighted by Crippen LogP contribution is -2.11. The average molecular weight is 285 g/mol. The van der Waals surface area contributed by atoms with Gasteiger partial charge in [-0.15, -0.1) is 5.10 Å². The molecule has 1 saturated carbocycles. The van der Waals surface area contributed by atoms with Crippen LogP contribution in [0.2, 0.25) is 0 Å². The van der Waals surface area contributed by atoms with Crippen molar-refractivity contribution in [3.05, 3.63) is 47.5 Å². The molecule has 0 bridgehead atoms. The smallest absolute Gasteiger partial charge is 0.217 e. The van der Waals surface area contributed by atoms with E-state index in [4.69, 9.17) is 0 Å². The molecular formula is C16H16FN3O. The van der Waals surface area contributed by atoms with Crippen LogP contribution in [-0.4, -0.2) is 20.5 Å². The van der Waals surface area contributed by atoms with Crippen LogP contribution in [0.3, 0.4) is 0 Å².